The van der Waals surface area contributed by atoms with Gasteiger partial charge in [0.1, 0.15) is 0 Å². The lowest BCUT2D eigenvalue weighted by molar-refractivity contribution is 0.595. The van der Waals surface area contributed by atoms with Crippen molar-refractivity contribution in [2.24, 2.45) is 0 Å². The molecule has 0 fully saturated rings. The van der Waals surface area contributed by atoms with E-state index in [2.05, 4.69) is 41.8 Å². The van der Waals surface area contributed by atoms with Crippen molar-refractivity contribution in [2.45, 2.75) is 71.1 Å². The van der Waals surface area contributed by atoms with Crippen LogP contribution < -0.4 is 10.6 Å². The van der Waals surface area contributed by atoms with E-state index in [9.17, 15) is 0 Å². The van der Waals surface area contributed by atoms with Crippen LogP contribution in [0.15, 0.2) is 24.3 Å². The summed E-state index contributed by atoms with van der Waals surface area (Å²) in [7, 11) is 2.04. The topological polar surface area (TPSA) is 24.1 Å². The van der Waals surface area contributed by atoms with Gasteiger partial charge in [-0.1, -0.05) is 56.9 Å². The van der Waals surface area contributed by atoms with Crippen molar-refractivity contribution in [1.82, 2.24) is 10.6 Å². The molecule has 0 unspecified atom stereocenters. The molecule has 0 aliphatic rings. The Hall–Kier alpha value is -0.860. The first-order valence-electron chi connectivity index (χ1n) is 9.80. The van der Waals surface area contributed by atoms with E-state index in [1.54, 1.807) is 11.1 Å². The van der Waals surface area contributed by atoms with Crippen LogP contribution >= 0.6 is 0 Å². The minimum atomic E-state index is 1.10. The highest BCUT2D eigenvalue weighted by Gasteiger charge is 2.02. The van der Waals surface area contributed by atoms with Gasteiger partial charge in [0.2, 0.25) is 0 Å². The Morgan fingerprint density at radius 1 is 0.696 bits per heavy atom. The van der Waals surface area contributed by atoms with Crippen molar-refractivity contribution in [3.8, 4) is 0 Å². The Bertz CT molecular complexity index is 376. The first-order chi connectivity index (χ1) is 11.4. The van der Waals surface area contributed by atoms with Crippen molar-refractivity contribution in [1.29, 1.82) is 0 Å². The lowest BCUT2D eigenvalue weighted by atomic mass is 9.97. The molecule has 0 saturated heterocycles. The van der Waals surface area contributed by atoms with Gasteiger partial charge in [-0.25, -0.2) is 0 Å². The number of rotatable bonds is 15. The summed E-state index contributed by atoms with van der Waals surface area (Å²) in [5.74, 6) is 0. The summed E-state index contributed by atoms with van der Waals surface area (Å²) in [5.41, 5.74) is 3.18. The standard InChI is InChI=1S/C21H38N2/c1-3-23-19-13-7-5-9-15-21-17-11-10-16-20(21)14-8-4-6-12-18-22-2/h10-11,16-17,22-23H,3-9,12-15,18-19H2,1-2H3. The molecule has 0 spiro atoms. The summed E-state index contributed by atoms with van der Waals surface area (Å²) >= 11 is 0. The number of benzene rings is 1. The molecular weight excluding hydrogens is 280 g/mol. The van der Waals surface area contributed by atoms with E-state index in [1.165, 1.54) is 70.8 Å². The van der Waals surface area contributed by atoms with Gasteiger partial charge in [0, 0.05) is 0 Å². The summed E-state index contributed by atoms with van der Waals surface area (Å²) in [6.45, 7) is 5.62. The average molecular weight is 319 g/mol. The fraction of sp³-hybridized carbons (Fsp3) is 0.714. The SMILES string of the molecule is CCNCCCCCCc1ccccc1CCCCCCNC. The fourth-order valence-corrected chi connectivity index (χ4v) is 3.11. The third-order valence-electron chi connectivity index (χ3n) is 4.54. The number of aryl methyl sites for hydroxylation is 2. The molecule has 132 valence electrons. The molecule has 0 aliphatic carbocycles. The highest BCUT2D eigenvalue weighted by molar-refractivity contribution is 5.27. The normalized spacial score (nSPS) is 11.0. The smallest absolute Gasteiger partial charge is 0.00490 e. The van der Waals surface area contributed by atoms with E-state index in [4.69, 9.17) is 0 Å². The van der Waals surface area contributed by atoms with E-state index < -0.39 is 0 Å². The fourth-order valence-electron chi connectivity index (χ4n) is 3.11. The van der Waals surface area contributed by atoms with Crippen molar-refractivity contribution in [2.75, 3.05) is 26.7 Å². The van der Waals surface area contributed by atoms with Crippen molar-refractivity contribution in [3.05, 3.63) is 35.4 Å². The molecule has 2 N–H and O–H groups in total. The van der Waals surface area contributed by atoms with E-state index >= 15 is 0 Å². The molecule has 0 radical (unpaired) electrons. The highest BCUT2D eigenvalue weighted by Crippen LogP contribution is 2.16. The Morgan fingerprint density at radius 2 is 1.22 bits per heavy atom. The molecule has 0 saturated carbocycles. The number of nitrogens with one attached hydrogen (secondary N) is 2. The van der Waals surface area contributed by atoms with E-state index in [0.717, 1.165) is 13.1 Å². The molecule has 2 nitrogen and oxygen atoms in total. The zero-order valence-electron chi connectivity index (χ0n) is 15.5. The van der Waals surface area contributed by atoms with Gasteiger partial charge in [0.15, 0.2) is 0 Å². The second kappa shape index (κ2) is 14.7. The first kappa shape index (κ1) is 20.2. The molecule has 1 aromatic carbocycles. The van der Waals surface area contributed by atoms with Crippen molar-refractivity contribution >= 4 is 0 Å². The van der Waals surface area contributed by atoms with Gasteiger partial charge in [-0.2, -0.15) is 0 Å². The van der Waals surface area contributed by atoms with E-state index in [-0.39, 0.29) is 0 Å². The van der Waals surface area contributed by atoms with Gasteiger partial charge >= 0.3 is 0 Å². The molecule has 0 amide bonds. The molecule has 1 rings (SSSR count). The van der Waals surface area contributed by atoms with Crippen LogP contribution in [-0.4, -0.2) is 26.7 Å². The maximum Gasteiger partial charge on any atom is -0.00490 e. The third kappa shape index (κ3) is 10.5. The zero-order chi connectivity index (χ0) is 16.6. The maximum absolute atomic E-state index is 3.40. The van der Waals surface area contributed by atoms with Crippen molar-refractivity contribution < 1.29 is 0 Å². The summed E-state index contributed by atoms with van der Waals surface area (Å²) < 4.78 is 0. The zero-order valence-corrected chi connectivity index (χ0v) is 15.5. The van der Waals surface area contributed by atoms with Crippen LogP contribution in [0.25, 0.3) is 0 Å². The summed E-state index contributed by atoms with van der Waals surface area (Å²) in [6.07, 6.45) is 13.3. The predicted molar refractivity (Wildman–Crippen MR) is 103 cm³/mol. The first-order valence-corrected chi connectivity index (χ1v) is 9.80. The lowest BCUT2D eigenvalue weighted by Gasteiger charge is -2.10. The Kier molecular flexibility index (Phi) is 12.9. The Balaban J connectivity index is 2.17. The van der Waals surface area contributed by atoms with Crippen LogP contribution in [-0.2, 0) is 12.8 Å². The highest BCUT2D eigenvalue weighted by atomic mass is 14.8. The second-order valence-corrected chi connectivity index (χ2v) is 6.55. The summed E-state index contributed by atoms with van der Waals surface area (Å²) in [4.78, 5) is 0. The molecule has 2 heteroatoms. The van der Waals surface area contributed by atoms with Crippen LogP contribution in [0.1, 0.15) is 69.4 Å². The molecule has 0 aromatic heterocycles. The van der Waals surface area contributed by atoms with Crippen LogP contribution in [0, 0.1) is 0 Å². The van der Waals surface area contributed by atoms with Gasteiger partial charge in [-0.15, -0.1) is 0 Å². The second-order valence-electron chi connectivity index (χ2n) is 6.55. The van der Waals surface area contributed by atoms with Crippen LogP contribution in [0.3, 0.4) is 0 Å². The van der Waals surface area contributed by atoms with Crippen LogP contribution in [0.2, 0.25) is 0 Å². The average Bonchev–Trinajstić information content (AvgIpc) is 2.58. The molecule has 1 aromatic rings. The minimum Gasteiger partial charge on any atom is -0.320 e. The molecule has 0 heterocycles. The van der Waals surface area contributed by atoms with Gasteiger partial charge in [0.05, 0.1) is 0 Å². The van der Waals surface area contributed by atoms with Crippen LogP contribution in [0.4, 0.5) is 0 Å². The maximum atomic E-state index is 3.40. The van der Waals surface area contributed by atoms with Gasteiger partial charge < -0.3 is 10.6 Å². The predicted octanol–water partition coefficient (Wildman–Crippen LogP) is 4.72. The molecule has 0 aliphatic heterocycles. The quantitative estimate of drug-likeness (QED) is 0.457. The molecule has 0 bridgehead atoms. The lowest BCUT2D eigenvalue weighted by Crippen LogP contribution is -2.13. The largest absolute Gasteiger partial charge is 0.320 e. The van der Waals surface area contributed by atoms with Gasteiger partial charge in [-0.3, -0.25) is 0 Å². The van der Waals surface area contributed by atoms with Crippen LogP contribution in [0.5, 0.6) is 0 Å². The van der Waals surface area contributed by atoms with Gasteiger partial charge in [0.25, 0.3) is 0 Å². The number of unbranched alkanes of at least 4 members (excludes halogenated alkanes) is 6. The summed E-state index contributed by atoms with van der Waals surface area (Å²) in [5, 5.41) is 6.63. The van der Waals surface area contributed by atoms with E-state index in [0.29, 0.717) is 0 Å². The Morgan fingerprint density at radius 3 is 1.74 bits per heavy atom. The number of hydrogen-bond donors (Lipinski definition) is 2. The minimum absolute atomic E-state index is 1.10. The third-order valence-corrected chi connectivity index (χ3v) is 4.54. The molecule has 0 atom stereocenters. The monoisotopic (exact) mass is 318 g/mol. The van der Waals surface area contributed by atoms with E-state index in [1.807, 2.05) is 7.05 Å². The van der Waals surface area contributed by atoms with Crippen molar-refractivity contribution in [3.63, 3.8) is 0 Å². The molecular formula is C21H38N2. The number of hydrogen-bond acceptors (Lipinski definition) is 2. The molecule has 23 heavy (non-hydrogen) atoms. The van der Waals surface area contributed by atoms with Gasteiger partial charge in [-0.05, 0) is 76.3 Å². The Labute approximate surface area is 144 Å². The summed E-state index contributed by atoms with van der Waals surface area (Å²) in [6, 6.07) is 9.09.